The van der Waals surface area contributed by atoms with Crippen LogP contribution >= 0.6 is 0 Å². The number of pyridine rings is 1. The van der Waals surface area contributed by atoms with E-state index in [4.69, 9.17) is 5.11 Å². The van der Waals surface area contributed by atoms with Crippen LogP contribution in [0.25, 0.3) is 0 Å². The van der Waals surface area contributed by atoms with Crippen molar-refractivity contribution in [1.82, 2.24) is 4.98 Å². The lowest BCUT2D eigenvalue weighted by molar-refractivity contribution is -0.137. The Labute approximate surface area is 188 Å². The van der Waals surface area contributed by atoms with E-state index < -0.39 is 5.97 Å². The summed E-state index contributed by atoms with van der Waals surface area (Å²) in [4.78, 5) is 17.4. The lowest BCUT2D eigenvalue weighted by Crippen LogP contribution is -2.20. The standard InChI is InChI=1S/C27H40N2O2/c1-27(2,3)23-17-19-24(20-18-23)29(25-15-12-13-21-28-25)22-14-10-8-6-4-5-7-9-11-16-26(30)31/h12-13,15,17-21H,4-11,14,16,22H2,1-3H3,(H,30,31). The molecule has 2 aromatic rings. The number of hydrogen-bond donors (Lipinski definition) is 1. The second-order valence-corrected chi connectivity index (χ2v) is 9.46. The lowest BCUT2D eigenvalue weighted by Gasteiger charge is -2.25. The van der Waals surface area contributed by atoms with Crippen molar-refractivity contribution in [2.45, 2.75) is 90.4 Å². The van der Waals surface area contributed by atoms with Gasteiger partial charge in [-0.3, -0.25) is 4.79 Å². The van der Waals surface area contributed by atoms with Gasteiger partial charge in [-0.1, -0.05) is 83.9 Å². The molecule has 1 aromatic carbocycles. The molecule has 0 saturated heterocycles. The molecule has 0 fully saturated rings. The molecule has 0 radical (unpaired) electrons. The molecule has 0 amide bonds. The second-order valence-electron chi connectivity index (χ2n) is 9.46. The van der Waals surface area contributed by atoms with Gasteiger partial charge in [0.1, 0.15) is 5.82 Å². The highest BCUT2D eigenvalue weighted by atomic mass is 16.4. The van der Waals surface area contributed by atoms with Crippen molar-refractivity contribution in [3.63, 3.8) is 0 Å². The number of anilines is 2. The summed E-state index contributed by atoms with van der Waals surface area (Å²) in [5, 5.41) is 8.66. The SMILES string of the molecule is CC(C)(C)c1ccc(N(CCCCCCCCCCCC(=O)O)c2ccccn2)cc1. The number of carboxylic acid groups (broad SMARTS) is 1. The molecular formula is C27H40N2O2. The van der Waals surface area contributed by atoms with E-state index >= 15 is 0 Å². The first-order valence-electron chi connectivity index (χ1n) is 11.9. The van der Waals surface area contributed by atoms with Crippen molar-refractivity contribution in [3.05, 3.63) is 54.2 Å². The Hall–Kier alpha value is -2.36. The zero-order valence-electron chi connectivity index (χ0n) is 19.6. The number of aromatic nitrogens is 1. The third-order valence-corrected chi connectivity index (χ3v) is 5.74. The van der Waals surface area contributed by atoms with Gasteiger partial charge in [0.2, 0.25) is 0 Å². The van der Waals surface area contributed by atoms with Gasteiger partial charge in [0.25, 0.3) is 0 Å². The fraction of sp³-hybridized carbons (Fsp3) is 0.556. The molecule has 0 aliphatic carbocycles. The van der Waals surface area contributed by atoms with Crippen LogP contribution in [0.1, 0.15) is 90.5 Å². The summed E-state index contributed by atoms with van der Waals surface area (Å²) in [5.74, 6) is 0.331. The average Bonchev–Trinajstić information content (AvgIpc) is 2.74. The molecule has 1 heterocycles. The summed E-state index contributed by atoms with van der Waals surface area (Å²) in [5.41, 5.74) is 2.71. The number of nitrogens with zero attached hydrogens (tertiary/aromatic N) is 2. The first-order valence-corrected chi connectivity index (χ1v) is 11.9. The predicted octanol–water partition coefficient (Wildman–Crippen LogP) is 7.50. The molecule has 170 valence electrons. The summed E-state index contributed by atoms with van der Waals surface area (Å²) in [6.45, 7) is 7.71. The van der Waals surface area contributed by atoms with Crippen molar-refractivity contribution in [1.29, 1.82) is 0 Å². The number of benzene rings is 1. The first-order chi connectivity index (χ1) is 14.9. The number of unbranched alkanes of at least 4 members (excludes halogenated alkanes) is 8. The molecule has 0 aliphatic heterocycles. The molecule has 0 aliphatic rings. The van der Waals surface area contributed by atoms with E-state index in [9.17, 15) is 4.79 Å². The Bertz CT molecular complexity index is 751. The third-order valence-electron chi connectivity index (χ3n) is 5.74. The fourth-order valence-corrected chi connectivity index (χ4v) is 3.81. The van der Waals surface area contributed by atoms with Gasteiger partial charge in [-0.15, -0.1) is 0 Å². The molecule has 0 bridgehead atoms. The molecule has 0 spiro atoms. The zero-order valence-corrected chi connectivity index (χ0v) is 19.6. The summed E-state index contributed by atoms with van der Waals surface area (Å²) < 4.78 is 0. The van der Waals surface area contributed by atoms with Gasteiger partial charge in [-0.25, -0.2) is 4.98 Å². The number of hydrogen-bond acceptors (Lipinski definition) is 3. The van der Waals surface area contributed by atoms with E-state index in [0.717, 1.165) is 38.0 Å². The smallest absolute Gasteiger partial charge is 0.303 e. The molecule has 1 aromatic heterocycles. The van der Waals surface area contributed by atoms with Gasteiger partial charge in [0.15, 0.2) is 0 Å². The molecule has 4 nitrogen and oxygen atoms in total. The van der Waals surface area contributed by atoms with Crippen molar-refractivity contribution in [3.8, 4) is 0 Å². The maximum atomic E-state index is 10.5. The van der Waals surface area contributed by atoms with Crippen LogP contribution in [0.15, 0.2) is 48.7 Å². The molecule has 0 unspecified atom stereocenters. The van der Waals surface area contributed by atoms with Gasteiger partial charge in [-0.2, -0.15) is 0 Å². The van der Waals surface area contributed by atoms with Crippen molar-refractivity contribution < 1.29 is 9.90 Å². The Morgan fingerprint density at radius 1 is 0.839 bits per heavy atom. The van der Waals surface area contributed by atoms with E-state index in [1.165, 1.54) is 43.4 Å². The Kier molecular flexibility index (Phi) is 10.6. The number of rotatable bonds is 14. The summed E-state index contributed by atoms with van der Waals surface area (Å²) in [7, 11) is 0. The first kappa shape index (κ1) is 24.9. The topological polar surface area (TPSA) is 53.4 Å². The Balaban J connectivity index is 1.76. The Morgan fingerprint density at radius 2 is 1.42 bits per heavy atom. The van der Waals surface area contributed by atoms with E-state index in [2.05, 4.69) is 67.1 Å². The van der Waals surface area contributed by atoms with Gasteiger partial charge >= 0.3 is 5.97 Å². The van der Waals surface area contributed by atoms with Gasteiger partial charge in [-0.05, 0) is 48.1 Å². The van der Waals surface area contributed by atoms with Gasteiger partial charge in [0.05, 0.1) is 0 Å². The maximum absolute atomic E-state index is 10.5. The van der Waals surface area contributed by atoms with Crippen molar-refractivity contribution in [2.24, 2.45) is 0 Å². The molecule has 1 N–H and O–H groups in total. The van der Waals surface area contributed by atoms with E-state index in [0.29, 0.717) is 6.42 Å². The minimum absolute atomic E-state index is 0.157. The third kappa shape index (κ3) is 9.54. The minimum atomic E-state index is -0.676. The van der Waals surface area contributed by atoms with Crippen LogP contribution in [0.2, 0.25) is 0 Å². The number of carbonyl (C=O) groups is 1. The Morgan fingerprint density at radius 3 is 1.94 bits per heavy atom. The van der Waals surface area contributed by atoms with Crippen LogP contribution in [0.3, 0.4) is 0 Å². The van der Waals surface area contributed by atoms with Crippen LogP contribution < -0.4 is 4.90 Å². The highest BCUT2D eigenvalue weighted by molar-refractivity contribution is 5.66. The fourth-order valence-electron chi connectivity index (χ4n) is 3.81. The molecule has 2 rings (SSSR count). The zero-order chi connectivity index (χ0) is 22.5. The predicted molar refractivity (Wildman–Crippen MR) is 130 cm³/mol. The second kappa shape index (κ2) is 13.1. The van der Waals surface area contributed by atoms with E-state index in [-0.39, 0.29) is 5.41 Å². The van der Waals surface area contributed by atoms with Crippen LogP contribution in [0.5, 0.6) is 0 Å². The van der Waals surface area contributed by atoms with Crippen LogP contribution in [-0.2, 0) is 10.2 Å². The lowest BCUT2D eigenvalue weighted by atomic mass is 9.87. The molecule has 0 atom stereocenters. The van der Waals surface area contributed by atoms with E-state index in [1.54, 1.807) is 0 Å². The maximum Gasteiger partial charge on any atom is 0.303 e. The molecule has 31 heavy (non-hydrogen) atoms. The van der Waals surface area contributed by atoms with Crippen LogP contribution in [0, 0.1) is 0 Å². The van der Waals surface area contributed by atoms with Crippen LogP contribution in [0.4, 0.5) is 11.5 Å². The molecule has 4 heteroatoms. The monoisotopic (exact) mass is 424 g/mol. The highest BCUT2D eigenvalue weighted by Crippen LogP contribution is 2.28. The normalized spacial score (nSPS) is 11.5. The summed E-state index contributed by atoms with van der Waals surface area (Å²) in [6.07, 6.45) is 12.6. The summed E-state index contributed by atoms with van der Waals surface area (Å²) in [6, 6.07) is 15.0. The molecular weight excluding hydrogens is 384 g/mol. The van der Waals surface area contributed by atoms with Crippen molar-refractivity contribution in [2.75, 3.05) is 11.4 Å². The largest absolute Gasteiger partial charge is 0.481 e. The van der Waals surface area contributed by atoms with Crippen LogP contribution in [-0.4, -0.2) is 22.6 Å². The van der Waals surface area contributed by atoms with E-state index in [1.807, 2.05) is 12.3 Å². The number of carboxylic acids is 1. The minimum Gasteiger partial charge on any atom is -0.481 e. The molecule has 0 saturated carbocycles. The highest BCUT2D eigenvalue weighted by Gasteiger charge is 2.15. The number of aliphatic carboxylic acids is 1. The van der Waals surface area contributed by atoms with Gasteiger partial charge in [0, 0.05) is 24.8 Å². The van der Waals surface area contributed by atoms with Crippen molar-refractivity contribution >= 4 is 17.5 Å². The van der Waals surface area contributed by atoms with Gasteiger partial charge < -0.3 is 10.0 Å². The summed E-state index contributed by atoms with van der Waals surface area (Å²) >= 11 is 0. The average molecular weight is 425 g/mol. The quantitative estimate of drug-likeness (QED) is 0.319.